The normalized spacial score (nSPS) is 10.5. The standard InChI is InChI=1S/C22H31NO/c1-2-3-4-5-6-7-8-12-19-24-22-17-15-21(16-18-22)23-20-13-10-9-11-14-20/h9-11,13-18,23H,2-8,12,19H2,1H3. The number of unbranched alkanes of at least 4 members (excludes halogenated alkanes) is 7. The van der Waals surface area contributed by atoms with Gasteiger partial charge in [-0.15, -0.1) is 0 Å². The summed E-state index contributed by atoms with van der Waals surface area (Å²) in [4.78, 5) is 0. The average Bonchev–Trinajstić information content (AvgIpc) is 2.62. The Morgan fingerprint density at radius 2 is 1.25 bits per heavy atom. The number of hydrogen-bond acceptors (Lipinski definition) is 2. The molecule has 2 aromatic rings. The molecule has 2 rings (SSSR count). The first-order chi connectivity index (χ1) is 11.9. The van der Waals surface area contributed by atoms with Crippen molar-refractivity contribution >= 4 is 11.4 Å². The summed E-state index contributed by atoms with van der Waals surface area (Å²) in [7, 11) is 0. The summed E-state index contributed by atoms with van der Waals surface area (Å²) >= 11 is 0. The molecule has 0 atom stereocenters. The van der Waals surface area contributed by atoms with Crippen molar-refractivity contribution in [3.8, 4) is 5.75 Å². The summed E-state index contributed by atoms with van der Waals surface area (Å²) in [6.45, 7) is 3.09. The maximum atomic E-state index is 5.83. The fourth-order valence-electron chi connectivity index (χ4n) is 2.75. The van der Waals surface area contributed by atoms with Gasteiger partial charge in [-0.3, -0.25) is 0 Å². The second-order valence-corrected chi connectivity index (χ2v) is 6.34. The van der Waals surface area contributed by atoms with E-state index in [-0.39, 0.29) is 0 Å². The van der Waals surface area contributed by atoms with E-state index >= 15 is 0 Å². The number of hydrogen-bond donors (Lipinski definition) is 1. The zero-order valence-electron chi connectivity index (χ0n) is 15.0. The molecule has 0 spiro atoms. The van der Waals surface area contributed by atoms with E-state index in [0.29, 0.717) is 0 Å². The zero-order valence-corrected chi connectivity index (χ0v) is 15.0. The molecular weight excluding hydrogens is 294 g/mol. The van der Waals surface area contributed by atoms with Gasteiger partial charge in [-0.25, -0.2) is 0 Å². The number of ether oxygens (including phenoxy) is 1. The molecule has 0 aliphatic rings. The summed E-state index contributed by atoms with van der Waals surface area (Å²) in [6, 6.07) is 18.4. The van der Waals surface area contributed by atoms with E-state index in [9.17, 15) is 0 Å². The number of benzene rings is 2. The molecule has 0 fully saturated rings. The summed E-state index contributed by atoms with van der Waals surface area (Å²) in [5, 5.41) is 3.38. The van der Waals surface area contributed by atoms with Crippen LogP contribution in [0.25, 0.3) is 0 Å². The quantitative estimate of drug-likeness (QED) is 0.426. The van der Waals surface area contributed by atoms with Gasteiger partial charge in [-0.1, -0.05) is 70.1 Å². The third-order valence-electron chi connectivity index (χ3n) is 4.18. The topological polar surface area (TPSA) is 21.3 Å². The van der Waals surface area contributed by atoms with Gasteiger partial charge in [0.2, 0.25) is 0 Å². The van der Waals surface area contributed by atoms with Gasteiger partial charge >= 0.3 is 0 Å². The van der Waals surface area contributed by atoms with Crippen molar-refractivity contribution in [2.45, 2.75) is 58.3 Å². The van der Waals surface area contributed by atoms with Gasteiger partial charge in [0.05, 0.1) is 6.61 Å². The molecule has 0 bridgehead atoms. The Bertz CT molecular complexity index is 536. The van der Waals surface area contributed by atoms with Crippen LogP contribution in [0.15, 0.2) is 54.6 Å². The van der Waals surface area contributed by atoms with Crippen LogP contribution in [0.2, 0.25) is 0 Å². The van der Waals surface area contributed by atoms with E-state index < -0.39 is 0 Å². The molecule has 0 amide bonds. The van der Waals surface area contributed by atoms with Gasteiger partial charge < -0.3 is 10.1 Å². The molecule has 0 heterocycles. The average molecular weight is 325 g/mol. The Morgan fingerprint density at radius 1 is 0.667 bits per heavy atom. The predicted molar refractivity (Wildman–Crippen MR) is 104 cm³/mol. The molecule has 1 N–H and O–H groups in total. The maximum Gasteiger partial charge on any atom is 0.119 e. The SMILES string of the molecule is CCCCCCCCCCOc1ccc(Nc2ccccc2)cc1. The Balaban J connectivity index is 1.57. The van der Waals surface area contributed by atoms with Crippen LogP contribution in [-0.2, 0) is 0 Å². The predicted octanol–water partition coefficient (Wildman–Crippen LogP) is 6.95. The third-order valence-corrected chi connectivity index (χ3v) is 4.18. The van der Waals surface area contributed by atoms with Crippen LogP contribution in [0.3, 0.4) is 0 Å². The summed E-state index contributed by atoms with van der Waals surface area (Å²) < 4.78 is 5.83. The molecule has 2 aromatic carbocycles. The second kappa shape index (κ2) is 11.6. The van der Waals surface area contributed by atoms with Gasteiger partial charge in [0, 0.05) is 11.4 Å². The lowest BCUT2D eigenvalue weighted by molar-refractivity contribution is 0.304. The molecule has 0 saturated heterocycles. The van der Waals surface area contributed by atoms with Crippen molar-refractivity contribution in [1.82, 2.24) is 0 Å². The fraction of sp³-hybridized carbons (Fsp3) is 0.455. The lowest BCUT2D eigenvalue weighted by Crippen LogP contribution is -1.97. The van der Waals surface area contributed by atoms with E-state index in [4.69, 9.17) is 4.74 Å². The Kier molecular flexibility index (Phi) is 8.85. The maximum absolute atomic E-state index is 5.83. The molecule has 130 valence electrons. The van der Waals surface area contributed by atoms with Crippen LogP contribution in [0.5, 0.6) is 5.75 Å². The van der Waals surface area contributed by atoms with Crippen molar-refractivity contribution in [2.75, 3.05) is 11.9 Å². The lowest BCUT2D eigenvalue weighted by Gasteiger charge is -2.09. The first-order valence-electron chi connectivity index (χ1n) is 9.43. The first kappa shape index (κ1) is 18.4. The monoisotopic (exact) mass is 325 g/mol. The minimum Gasteiger partial charge on any atom is -0.494 e. The molecule has 2 heteroatoms. The van der Waals surface area contributed by atoms with E-state index in [1.165, 1.54) is 44.9 Å². The minimum atomic E-state index is 0.820. The molecule has 24 heavy (non-hydrogen) atoms. The molecular formula is C22H31NO. The van der Waals surface area contributed by atoms with Crippen LogP contribution in [-0.4, -0.2) is 6.61 Å². The second-order valence-electron chi connectivity index (χ2n) is 6.34. The smallest absolute Gasteiger partial charge is 0.119 e. The van der Waals surface area contributed by atoms with Crippen molar-refractivity contribution < 1.29 is 4.74 Å². The van der Waals surface area contributed by atoms with E-state index in [2.05, 4.69) is 36.5 Å². The highest BCUT2D eigenvalue weighted by Gasteiger charge is 1.97. The van der Waals surface area contributed by atoms with Crippen molar-refractivity contribution in [1.29, 1.82) is 0 Å². The highest BCUT2D eigenvalue weighted by molar-refractivity contribution is 5.59. The number of rotatable bonds is 12. The summed E-state index contributed by atoms with van der Waals surface area (Å²) in [5.74, 6) is 0.955. The molecule has 0 aliphatic heterocycles. The molecule has 0 saturated carbocycles. The van der Waals surface area contributed by atoms with E-state index in [1.807, 2.05) is 30.3 Å². The molecule has 0 aliphatic carbocycles. The number of nitrogens with one attached hydrogen (secondary N) is 1. The van der Waals surface area contributed by atoms with Gasteiger partial charge in [0.1, 0.15) is 5.75 Å². The highest BCUT2D eigenvalue weighted by Crippen LogP contribution is 2.20. The molecule has 0 unspecified atom stereocenters. The summed E-state index contributed by atoms with van der Waals surface area (Å²) in [5.41, 5.74) is 2.19. The Morgan fingerprint density at radius 3 is 1.92 bits per heavy atom. The molecule has 0 radical (unpaired) electrons. The summed E-state index contributed by atoms with van der Waals surface area (Å²) in [6.07, 6.45) is 10.6. The minimum absolute atomic E-state index is 0.820. The molecule has 2 nitrogen and oxygen atoms in total. The van der Waals surface area contributed by atoms with Crippen LogP contribution < -0.4 is 10.1 Å². The zero-order chi connectivity index (χ0) is 16.9. The van der Waals surface area contributed by atoms with Crippen LogP contribution in [0.1, 0.15) is 58.3 Å². The Hall–Kier alpha value is -1.96. The number of para-hydroxylation sites is 1. The molecule has 0 aromatic heterocycles. The van der Waals surface area contributed by atoms with Crippen LogP contribution in [0.4, 0.5) is 11.4 Å². The first-order valence-corrected chi connectivity index (χ1v) is 9.43. The van der Waals surface area contributed by atoms with E-state index in [1.54, 1.807) is 0 Å². The fourth-order valence-corrected chi connectivity index (χ4v) is 2.75. The van der Waals surface area contributed by atoms with Crippen molar-refractivity contribution in [2.24, 2.45) is 0 Å². The van der Waals surface area contributed by atoms with Gasteiger partial charge in [-0.05, 0) is 42.8 Å². The Labute approximate surface area is 147 Å². The van der Waals surface area contributed by atoms with E-state index in [0.717, 1.165) is 30.2 Å². The van der Waals surface area contributed by atoms with Gasteiger partial charge in [-0.2, -0.15) is 0 Å². The third kappa shape index (κ3) is 7.54. The number of anilines is 2. The van der Waals surface area contributed by atoms with Crippen LogP contribution >= 0.6 is 0 Å². The van der Waals surface area contributed by atoms with Gasteiger partial charge in [0.15, 0.2) is 0 Å². The lowest BCUT2D eigenvalue weighted by atomic mass is 10.1. The van der Waals surface area contributed by atoms with Crippen molar-refractivity contribution in [3.63, 3.8) is 0 Å². The van der Waals surface area contributed by atoms with Crippen molar-refractivity contribution in [3.05, 3.63) is 54.6 Å². The van der Waals surface area contributed by atoms with Crippen LogP contribution in [0, 0.1) is 0 Å². The highest BCUT2D eigenvalue weighted by atomic mass is 16.5. The largest absolute Gasteiger partial charge is 0.494 e. The van der Waals surface area contributed by atoms with Gasteiger partial charge in [0.25, 0.3) is 0 Å².